The maximum absolute atomic E-state index is 8.64. The monoisotopic (exact) mass is 774 g/mol. The number of pyridine rings is 2. The minimum atomic E-state index is -0.181. The van der Waals surface area contributed by atoms with Gasteiger partial charge in [-0.15, -0.1) is 44.4 Å². The molecule has 0 bridgehead atoms. The van der Waals surface area contributed by atoms with Crippen LogP contribution in [0.3, 0.4) is 0 Å². The molecule has 0 aliphatic heterocycles. The van der Waals surface area contributed by atoms with E-state index in [1.165, 1.54) is 6.42 Å². The number of hydrogen-bond acceptors (Lipinski definition) is 11. The summed E-state index contributed by atoms with van der Waals surface area (Å²) in [6, 6.07) is 7.47. The summed E-state index contributed by atoms with van der Waals surface area (Å²) in [4.78, 5) is 21.2. The van der Waals surface area contributed by atoms with Gasteiger partial charge in [-0.3, -0.25) is 14.8 Å². The van der Waals surface area contributed by atoms with Crippen LogP contribution in [0.1, 0.15) is 41.0 Å². The zero-order chi connectivity index (χ0) is 27.3. The molecule has 4 rings (SSSR count). The molecule has 4 aromatic heterocycles. The number of tetrazole rings is 2. The van der Waals surface area contributed by atoms with Gasteiger partial charge in [-0.25, -0.2) is 0 Å². The number of aryl methyl sites for hydroxylation is 1. The number of unbranched alkanes of at least 4 members (excludes halogenated alkanes) is 2. The first kappa shape index (κ1) is 45.1. The van der Waals surface area contributed by atoms with Crippen LogP contribution in [0.5, 0.6) is 0 Å². The van der Waals surface area contributed by atoms with Crippen LogP contribution in [-0.4, -0.2) is 63.2 Å². The second-order valence-electron chi connectivity index (χ2n) is 6.76. The average molecular weight is 777 g/mol. The number of carbonyl (C=O) groups is 1. The number of carbonyl (C=O) groups excluding carboxylic acids is 1. The van der Waals surface area contributed by atoms with Crippen LogP contribution in [0.4, 0.5) is 0 Å². The van der Waals surface area contributed by atoms with Crippen LogP contribution >= 0.6 is 55.9 Å². The summed E-state index contributed by atoms with van der Waals surface area (Å²) in [6.07, 6.45) is 7.95. The molecule has 4 aromatic rings. The first-order valence-corrected chi connectivity index (χ1v) is 13.1. The predicted octanol–water partition coefficient (Wildman–Crippen LogP) is -1.68. The minimum Gasteiger partial charge on any atom is -1.00 e. The summed E-state index contributed by atoms with van der Waals surface area (Å²) >= 11 is 11.9. The van der Waals surface area contributed by atoms with Crippen molar-refractivity contribution in [3.05, 3.63) is 45.6 Å². The SMILES string of the molecule is Brc1ccc(-c2nn[nH]n2)nc1.CCCCCl.CCCCn1nnc(-c2ccc(Br)cn2)n1.Cl.O=CO[O-].[H-].[K+].[K+]. The van der Waals surface area contributed by atoms with E-state index in [0.717, 1.165) is 46.3 Å². The van der Waals surface area contributed by atoms with Crippen molar-refractivity contribution < 1.29 is 119 Å². The standard InChI is InChI=1S/C10H12BrN5.C6H4BrN5.C4H9Cl.CH2O3.ClH.2K.H/c1-2-3-6-16-14-10(13-15-16)9-5-4-8(11)7-12-9;7-4-1-2-5(8-3-4)6-9-11-12-10-6;1-2-3-4-5;2-1-4-3;;;;/h4-5,7H,2-3,6H2,1H3;1-3H,(H,9,10,11,12);2-4H2,1H3;1,3H;1H;;;/q;;;;;2*+1;-1/p-1. The zero-order valence-corrected chi connectivity index (χ0v) is 33.6. The van der Waals surface area contributed by atoms with E-state index < -0.39 is 0 Å². The molecule has 0 aromatic carbocycles. The molecule has 0 radical (unpaired) electrons. The van der Waals surface area contributed by atoms with Crippen LogP contribution in [-0.2, 0) is 16.2 Å². The van der Waals surface area contributed by atoms with Crippen LogP contribution in [0.25, 0.3) is 23.0 Å². The molecule has 210 valence electrons. The second-order valence-corrected chi connectivity index (χ2v) is 8.97. The molecule has 0 saturated heterocycles. The Balaban J connectivity index is -0.000000244. The molecular weight excluding hydrogens is 749 g/mol. The van der Waals surface area contributed by atoms with E-state index in [-0.39, 0.29) is 123 Å². The molecule has 0 spiro atoms. The van der Waals surface area contributed by atoms with Crippen LogP contribution in [0, 0.1) is 0 Å². The topological polar surface area (TPSA) is 173 Å². The van der Waals surface area contributed by atoms with Crippen LogP contribution < -0.4 is 108 Å². The molecule has 1 N–H and O–H groups in total. The van der Waals surface area contributed by atoms with Crippen LogP contribution in [0.15, 0.2) is 45.6 Å². The Hall–Kier alpha value is 0.683. The number of aromatic amines is 1. The number of hydrogen-bond donors (Lipinski definition) is 1. The van der Waals surface area contributed by atoms with Gasteiger partial charge in [0.25, 0.3) is 6.47 Å². The van der Waals surface area contributed by atoms with Gasteiger partial charge in [0.2, 0.25) is 11.6 Å². The van der Waals surface area contributed by atoms with E-state index >= 15 is 0 Å². The summed E-state index contributed by atoms with van der Waals surface area (Å²) in [5, 5.41) is 34.0. The van der Waals surface area contributed by atoms with E-state index in [1.807, 2.05) is 24.3 Å². The zero-order valence-electron chi connectivity index (χ0n) is 23.6. The molecule has 0 fully saturated rings. The molecule has 40 heavy (non-hydrogen) atoms. The van der Waals surface area contributed by atoms with Gasteiger partial charge in [0.15, 0.2) is 0 Å². The van der Waals surface area contributed by atoms with E-state index in [0.29, 0.717) is 17.3 Å². The molecule has 0 atom stereocenters. The Labute approximate surface area is 347 Å². The summed E-state index contributed by atoms with van der Waals surface area (Å²) in [5.74, 6) is 1.89. The van der Waals surface area contributed by atoms with Gasteiger partial charge in [0, 0.05) is 27.2 Å². The van der Waals surface area contributed by atoms with Gasteiger partial charge in [-0.05, 0) is 79.4 Å². The summed E-state index contributed by atoms with van der Waals surface area (Å²) < 4.78 is 1.87. The number of alkyl halides is 1. The minimum absolute atomic E-state index is 0. The van der Waals surface area contributed by atoms with Crippen molar-refractivity contribution in [3.8, 4) is 23.0 Å². The quantitative estimate of drug-likeness (QED) is 0.0713. The fraction of sp³-hybridized carbons (Fsp3) is 0.381. The Bertz CT molecular complexity index is 1120. The van der Waals surface area contributed by atoms with Crippen molar-refractivity contribution in [2.45, 2.75) is 46.1 Å². The van der Waals surface area contributed by atoms with Gasteiger partial charge in [-0.2, -0.15) is 10.0 Å². The molecule has 0 aliphatic rings. The Kier molecular flexibility index (Phi) is 33.5. The molecule has 0 amide bonds. The third kappa shape index (κ3) is 20.6. The number of halogens is 4. The number of aromatic nitrogens is 10. The fourth-order valence-corrected chi connectivity index (χ4v) is 2.90. The van der Waals surface area contributed by atoms with Gasteiger partial charge < -0.3 is 11.6 Å². The molecular formula is C21H28Br2Cl2K2N10O3. The Morgan fingerprint density at radius 3 is 1.93 bits per heavy atom. The largest absolute Gasteiger partial charge is 1.00 e. The van der Waals surface area contributed by atoms with E-state index in [4.69, 9.17) is 21.7 Å². The summed E-state index contributed by atoms with van der Waals surface area (Å²) in [7, 11) is 0. The third-order valence-corrected chi connectivity index (χ3v) is 5.15. The Morgan fingerprint density at radius 2 is 1.55 bits per heavy atom. The molecule has 0 saturated carbocycles. The van der Waals surface area contributed by atoms with Gasteiger partial charge >= 0.3 is 103 Å². The molecule has 0 unspecified atom stereocenters. The summed E-state index contributed by atoms with van der Waals surface area (Å²) in [5.41, 5.74) is 1.44. The van der Waals surface area contributed by atoms with Gasteiger partial charge in [-0.1, -0.05) is 26.7 Å². The Morgan fingerprint density at radius 1 is 1.00 bits per heavy atom. The average Bonchev–Trinajstić information content (AvgIpc) is 3.63. The molecule has 13 nitrogen and oxygen atoms in total. The van der Waals surface area contributed by atoms with Crippen molar-refractivity contribution in [2.24, 2.45) is 0 Å². The molecule has 0 aliphatic carbocycles. The van der Waals surface area contributed by atoms with Crippen molar-refractivity contribution in [3.63, 3.8) is 0 Å². The van der Waals surface area contributed by atoms with Crippen molar-refractivity contribution in [2.75, 3.05) is 5.88 Å². The third-order valence-electron chi connectivity index (χ3n) is 3.95. The fourth-order valence-electron chi connectivity index (χ4n) is 2.16. The maximum Gasteiger partial charge on any atom is 1.00 e. The summed E-state index contributed by atoms with van der Waals surface area (Å²) in [6.45, 7) is 4.89. The van der Waals surface area contributed by atoms with Crippen molar-refractivity contribution in [1.82, 2.24) is 50.8 Å². The number of nitrogens with zero attached hydrogens (tertiary/aromatic N) is 9. The normalized spacial score (nSPS) is 8.85. The predicted molar refractivity (Wildman–Crippen MR) is 150 cm³/mol. The second kappa shape index (κ2) is 29.7. The number of nitrogens with one attached hydrogen (secondary N) is 1. The number of H-pyrrole nitrogens is 1. The first-order valence-electron chi connectivity index (χ1n) is 11.0. The first-order chi connectivity index (χ1) is 18.0. The number of rotatable bonds is 8. The van der Waals surface area contributed by atoms with Crippen LogP contribution in [0.2, 0.25) is 0 Å². The van der Waals surface area contributed by atoms with Crippen molar-refractivity contribution >= 4 is 62.3 Å². The van der Waals surface area contributed by atoms with Gasteiger partial charge in [0.05, 0.1) is 6.54 Å². The van der Waals surface area contributed by atoms with Gasteiger partial charge in [0.1, 0.15) is 11.4 Å². The molecule has 4 heterocycles. The van der Waals surface area contributed by atoms with Crippen molar-refractivity contribution in [1.29, 1.82) is 0 Å². The smallest absolute Gasteiger partial charge is 1.00 e. The van der Waals surface area contributed by atoms with E-state index in [1.54, 1.807) is 17.2 Å². The maximum atomic E-state index is 8.64. The van der Waals surface area contributed by atoms with E-state index in [9.17, 15) is 0 Å². The van der Waals surface area contributed by atoms with E-state index in [2.05, 4.69) is 96.6 Å². The molecule has 19 heteroatoms.